The van der Waals surface area contributed by atoms with Gasteiger partial charge in [0, 0.05) is 31.0 Å². The summed E-state index contributed by atoms with van der Waals surface area (Å²) in [5.74, 6) is 0. The van der Waals surface area contributed by atoms with Crippen molar-refractivity contribution in [3.63, 3.8) is 0 Å². The minimum Gasteiger partial charge on any atom is -0.397 e. The van der Waals surface area contributed by atoms with Gasteiger partial charge in [-0.2, -0.15) is 0 Å². The van der Waals surface area contributed by atoms with Crippen molar-refractivity contribution in [2.75, 3.05) is 13.2 Å². The molecule has 0 spiro atoms. The molecule has 2 heterocycles. The molecular formula is C22H34N4O3. The molecule has 7 nitrogen and oxygen atoms in total. The number of nitrogens with one attached hydrogen (secondary N) is 3. The molecule has 0 amide bonds. The highest BCUT2D eigenvalue weighted by atomic mass is 16.3. The van der Waals surface area contributed by atoms with Gasteiger partial charge in [0.05, 0.1) is 18.5 Å². The number of nitrogens with zero attached hydrogens (tertiary/aromatic N) is 1. The molecule has 5 N–H and O–H groups in total. The average molecular weight is 403 g/mol. The number of aromatic amines is 2. The van der Waals surface area contributed by atoms with Gasteiger partial charge >= 0.3 is 0 Å². The molecule has 3 rings (SSSR count). The molecule has 7 heteroatoms. The first-order chi connectivity index (χ1) is 14.1. The zero-order valence-electron chi connectivity index (χ0n) is 17.6. The number of benzene rings is 1. The van der Waals surface area contributed by atoms with Gasteiger partial charge in [-0.15, -0.1) is 0 Å². The molecule has 0 saturated carbocycles. The van der Waals surface area contributed by atoms with Gasteiger partial charge in [-0.3, -0.25) is 4.79 Å². The summed E-state index contributed by atoms with van der Waals surface area (Å²) in [5, 5.41) is 20.5. The first kappa shape index (κ1) is 24.6. The van der Waals surface area contributed by atoms with E-state index in [-0.39, 0.29) is 24.8 Å². The summed E-state index contributed by atoms with van der Waals surface area (Å²) in [6.45, 7) is 6.81. The summed E-state index contributed by atoms with van der Waals surface area (Å²) in [7, 11) is 0. The van der Waals surface area contributed by atoms with E-state index in [9.17, 15) is 9.90 Å². The highest BCUT2D eigenvalue weighted by Crippen LogP contribution is 2.12. The zero-order chi connectivity index (χ0) is 21.5. The van der Waals surface area contributed by atoms with Crippen molar-refractivity contribution < 1.29 is 10.2 Å². The molecule has 0 aliphatic heterocycles. The summed E-state index contributed by atoms with van der Waals surface area (Å²) >= 11 is 0. The van der Waals surface area contributed by atoms with Crippen LogP contribution in [0.2, 0.25) is 0 Å². The Kier molecular flexibility index (Phi) is 12.3. The molecule has 1 unspecified atom stereocenters. The van der Waals surface area contributed by atoms with E-state index in [4.69, 9.17) is 5.11 Å². The smallest absolute Gasteiger partial charge is 0.275 e. The van der Waals surface area contributed by atoms with Crippen LogP contribution in [-0.2, 0) is 13.0 Å². The third-order valence-electron chi connectivity index (χ3n) is 3.97. The van der Waals surface area contributed by atoms with Crippen LogP contribution in [0, 0.1) is 0 Å². The molecule has 160 valence electrons. The van der Waals surface area contributed by atoms with Crippen LogP contribution in [0.1, 0.15) is 44.7 Å². The van der Waals surface area contributed by atoms with Crippen LogP contribution >= 0.6 is 0 Å². The first-order valence-electron chi connectivity index (χ1n) is 10.1. The van der Waals surface area contributed by atoms with Gasteiger partial charge in [-0.05, 0) is 25.3 Å². The van der Waals surface area contributed by atoms with Gasteiger partial charge in [0.2, 0.25) is 0 Å². The van der Waals surface area contributed by atoms with Crippen LogP contribution in [0.15, 0.2) is 47.7 Å². The number of aliphatic hydroxyl groups is 2. The van der Waals surface area contributed by atoms with Crippen LogP contribution in [0.3, 0.4) is 0 Å². The van der Waals surface area contributed by atoms with Gasteiger partial charge in [0.15, 0.2) is 0 Å². The zero-order valence-corrected chi connectivity index (χ0v) is 17.6. The molecule has 0 saturated heterocycles. The molecule has 2 aromatic heterocycles. The van der Waals surface area contributed by atoms with Gasteiger partial charge < -0.3 is 25.5 Å². The van der Waals surface area contributed by atoms with Crippen LogP contribution in [0.25, 0.3) is 11.0 Å². The molecular weight excluding hydrogens is 368 g/mol. The number of fused-ring (bicyclic) bond motifs is 1. The number of hydrogen-bond acceptors (Lipinski definition) is 5. The standard InChI is InChI=1S/C17H20N4O2.C3H8.C2H6O/c22-10-14(7-6-12-4-2-1-3-5-12)18-8-13-9-19-16-15(13)20-11-21-17(16)23;1-3-2;1-2-3/h1-5,9,11,14,18-19,22H,6-8,10H2,(H,20,21,23);3H2,1-2H3;3H,2H2,1H3. The Hall–Kier alpha value is -2.48. The maximum atomic E-state index is 11.7. The fourth-order valence-electron chi connectivity index (χ4n) is 2.64. The lowest BCUT2D eigenvalue weighted by Gasteiger charge is -2.16. The molecule has 0 radical (unpaired) electrons. The summed E-state index contributed by atoms with van der Waals surface area (Å²) in [4.78, 5) is 21.4. The molecule has 1 atom stereocenters. The number of aryl methyl sites for hydroxylation is 1. The summed E-state index contributed by atoms with van der Waals surface area (Å²) in [5.41, 5.74) is 3.15. The number of aromatic nitrogens is 3. The highest BCUT2D eigenvalue weighted by molar-refractivity contribution is 5.77. The second-order valence-electron chi connectivity index (χ2n) is 6.58. The van der Waals surface area contributed by atoms with Crippen LogP contribution < -0.4 is 10.9 Å². The Balaban J connectivity index is 0.000000626. The summed E-state index contributed by atoms with van der Waals surface area (Å²) in [6.07, 6.45) is 6.19. The minimum atomic E-state index is -0.177. The normalized spacial score (nSPS) is 11.2. The van der Waals surface area contributed by atoms with Crippen molar-refractivity contribution in [1.82, 2.24) is 20.3 Å². The lowest BCUT2D eigenvalue weighted by molar-refractivity contribution is 0.235. The summed E-state index contributed by atoms with van der Waals surface area (Å²) in [6, 6.07) is 10.2. The predicted octanol–water partition coefficient (Wildman–Crippen LogP) is 2.75. The lowest BCUT2D eigenvalue weighted by Crippen LogP contribution is -2.32. The Morgan fingerprint density at radius 2 is 1.76 bits per heavy atom. The topological polar surface area (TPSA) is 114 Å². The average Bonchev–Trinajstić information content (AvgIpc) is 3.15. The summed E-state index contributed by atoms with van der Waals surface area (Å²) < 4.78 is 0. The van der Waals surface area contributed by atoms with Crippen molar-refractivity contribution in [2.45, 2.75) is 52.6 Å². The lowest BCUT2D eigenvalue weighted by atomic mass is 10.1. The molecule has 0 aliphatic rings. The van der Waals surface area contributed by atoms with E-state index in [1.54, 1.807) is 13.1 Å². The monoisotopic (exact) mass is 402 g/mol. The third-order valence-corrected chi connectivity index (χ3v) is 3.97. The number of aliphatic hydroxyl groups excluding tert-OH is 2. The highest BCUT2D eigenvalue weighted by Gasteiger charge is 2.11. The van der Waals surface area contributed by atoms with Crippen LogP contribution in [-0.4, -0.2) is 44.4 Å². The molecule has 3 aromatic rings. The van der Waals surface area contributed by atoms with Crippen molar-refractivity contribution in [2.24, 2.45) is 0 Å². The van der Waals surface area contributed by atoms with Crippen molar-refractivity contribution in [3.8, 4) is 0 Å². The van der Waals surface area contributed by atoms with Crippen molar-refractivity contribution >= 4 is 11.0 Å². The van der Waals surface area contributed by atoms with E-state index in [0.717, 1.165) is 18.4 Å². The van der Waals surface area contributed by atoms with Gasteiger partial charge in [0.1, 0.15) is 5.52 Å². The number of H-pyrrole nitrogens is 2. The second kappa shape index (κ2) is 14.5. The molecule has 0 bridgehead atoms. The first-order valence-corrected chi connectivity index (χ1v) is 10.1. The predicted molar refractivity (Wildman–Crippen MR) is 118 cm³/mol. The molecule has 0 fully saturated rings. The van der Waals surface area contributed by atoms with E-state index < -0.39 is 0 Å². The molecule has 0 aliphatic carbocycles. The van der Waals surface area contributed by atoms with E-state index in [1.165, 1.54) is 18.3 Å². The fourth-order valence-corrected chi connectivity index (χ4v) is 2.64. The van der Waals surface area contributed by atoms with Gasteiger partial charge in [-0.25, -0.2) is 4.98 Å². The van der Waals surface area contributed by atoms with E-state index in [0.29, 0.717) is 17.6 Å². The largest absolute Gasteiger partial charge is 0.397 e. The Morgan fingerprint density at radius 3 is 2.38 bits per heavy atom. The molecule has 1 aromatic carbocycles. The van der Waals surface area contributed by atoms with Gasteiger partial charge in [-0.1, -0.05) is 50.6 Å². The van der Waals surface area contributed by atoms with Crippen LogP contribution in [0.4, 0.5) is 0 Å². The number of rotatable bonds is 7. The quantitative estimate of drug-likeness (QED) is 0.417. The van der Waals surface area contributed by atoms with Crippen molar-refractivity contribution in [1.29, 1.82) is 0 Å². The maximum absolute atomic E-state index is 11.7. The van der Waals surface area contributed by atoms with E-state index in [2.05, 4.69) is 46.2 Å². The Morgan fingerprint density at radius 1 is 1.10 bits per heavy atom. The van der Waals surface area contributed by atoms with E-state index >= 15 is 0 Å². The number of hydrogen-bond donors (Lipinski definition) is 5. The second-order valence-corrected chi connectivity index (χ2v) is 6.58. The van der Waals surface area contributed by atoms with Crippen molar-refractivity contribution in [3.05, 3.63) is 64.3 Å². The molecule has 29 heavy (non-hydrogen) atoms. The fraction of sp³-hybridized carbons (Fsp3) is 0.455. The van der Waals surface area contributed by atoms with E-state index in [1.807, 2.05) is 18.2 Å². The minimum absolute atomic E-state index is 0.00199. The van der Waals surface area contributed by atoms with Gasteiger partial charge in [0.25, 0.3) is 5.56 Å². The Bertz CT molecular complexity index is 844. The van der Waals surface area contributed by atoms with Crippen LogP contribution in [0.5, 0.6) is 0 Å². The Labute approximate surface area is 172 Å². The SMILES string of the molecule is CCC.CCO.O=c1[nH]cnc2c(CNC(CO)CCc3ccccc3)c[nH]c12. The third kappa shape index (κ3) is 8.60. The maximum Gasteiger partial charge on any atom is 0.275 e.